The zero-order chi connectivity index (χ0) is 12.7. The van der Waals surface area contributed by atoms with Crippen LogP contribution in [0.1, 0.15) is 51.4 Å². The number of aryl methyl sites for hydroxylation is 2. The van der Waals surface area contributed by atoms with Crippen molar-refractivity contribution in [3.63, 3.8) is 0 Å². The molecule has 1 rings (SSSR count). The summed E-state index contributed by atoms with van der Waals surface area (Å²) in [6.45, 7) is 8.84. The molecule has 4 heteroatoms. The molecule has 0 unspecified atom stereocenters. The van der Waals surface area contributed by atoms with Crippen LogP contribution >= 0.6 is 15.9 Å². The van der Waals surface area contributed by atoms with E-state index in [-0.39, 0.29) is 0 Å². The molecule has 0 saturated heterocycles. The molecule has 0 spiro atoms. The van der Waals surface area contributed by atoms with Crippen LogP contribution in [0.15, 0.2) is 4.47 Å². The van der Waals surface area contributed by atoms with Gasteiger partial charge < -0.3 is 4.74 Å². The van der Waals surface area contributed by atoms with Gasteiger partial charge in [-0.1, -0.05) is 26.7 Å². The van der Waals surface area contributed by atoms with Crippen molar-refractivity contribution < 1.29 is 4.74 Å². The highest BCUT2D eigenvalue weighted by Crippen LogP contribution is 2.23. The molecular formula is C13H23BrN2O. The SMILES string of the molecule is CCCCCOCc1c(Br)c(CC)nn1CC. The number of hydrogen-bond acceptors (Lipinski definition) is 2. The number of hydrogen-bond donors (Lipinski definition) is 0. The predicted molar refractivity (Wildman–Crippen MR) is 74.2 cm³/mol. The first kappa shape index (κ1) is 14.7. The van der Waals surface area contributed by atoms with E-state index in [4.69, 9.17) is 4.74 Å². The molecule has 0 aliphatic carbocycles. The van der Waals surface area contributed by atoms with Crippen molar-refractivity contribution >= 4 is 15.9 Å². The third kappa shape index (κ3) is 4.11. The molecule has 1 aromatic rings. The lowest BCUT2D eigenvalue weighted by molar-refractivity contribution is 0.111. The lowest BCUT2D eigenvalue weighted by atomic mass is 10.3. The number of ether oxygens (including phenoxy) is 1. The first-order valence-corrected chi connectivity index (χ1v) is 7.35. The van der Waals surface area contributed by atoms with Crippen molar-refractivity contribution in [3.05, 3.63) is 15.9 Å². The average molecular weight is 303 g/mol. The van der Waals surface area contributed by atoms with Gasteiger partial charge in [0, 0.05) is 13.2 Å². The van der Waals surface area contributed by atoms with Gasteiger partial charge in [0.15, 0.2) is 0 Å². The zero-order valence-electron chi connectivity index (χ0n) is 11.1. The molecule has 0 aliphatic rings. The zero-order valence-corrected chi connectivity index (χ0v) is 12.7. The first-order valence-electron chi connectivity index (χ1n) is 6.56. The summed E-state index contributed by atoms with van der Waals surface area (Å²) in [5.74, 6) is 0. The summed E-state index contributed by atoms with van der Waals surface area (Å²) >= 11 is 3.62. The van der Waals surface area contributed by atoms with Crippen LogP contribution in [-0.2, 0) is 24.3 Å². The molecule has 0 aromatic carbocycles. The number of aromatic nitrogens is 2. The van der Waals surface area contributed by atoms with Crippen molar-refractivity contribution in [3.8, 4) is 0 Å². The van der Waals surface area contributed by atoms with Crippen LogP contribution in [0.4, 0.5) is 0 Å². The molecule has 0 N–H and O–H groups in total. The van der Waals surface area contributed by atoms with Crippen molar-refractivity contribution in [2.24, 2.45) is 0 Å². The van der Waals surface area contributed by atoms with Gasteiger partial charge in [-0.3, -0.25) is 4.68 Å². The third-order valence-corrected chi connectivity index (χ3v) is 3.74. The normalized spacial score (nSPS) is 11.1. The summed E-state index contributed by atoms with van der Waals surface area (Å²) in [7, 11) is 0. The Balaban J connectivity index is 2.54. The van der Waals surface area contributed by atoms with Crippen LogP contribution in [0, 0.1) is 0 Å². The Morgan fingerprint density at radius 3 is 2.59 bits per heavy atom. The highest BCUT2D eigenvalue weighted by Gasteiger charge is 2.13. The van der Waals surface area contributed by atoms with Gasteiger partial charge in [0.1, 0.15) is 0 Å². The molecule has 0 saturated carbocycles. The van der Waals surface area contributed by atoms with Crippen LogP contribution in [0.2, 0.25) is 0 Å². The Morgan fingerprint density at radius 2 is 2.00 bits per heavy atom. The summed E-state index contributed by atoms with van der Waals surface area (Å²) < 4.78 is 8.87. The van der Waals surface area contributed by atoms with E-state index >= 15 is 0 Å². The van der Waals surface area contributed by atoms with Crippen molar-refractivity contribution in [2.45, 2.75) is 59.6 Å². The average Bonchev–Trinajstić information content (AvgIpc) is 2.65. The van der Waals surface area contributed by atoms with Gasteiger partial charge in [-0.05, 0) is 35.7 Å². The molecule has 0 aliphatic heterocycles. The standard InChI is InChI=1S/C13H23BrN2O/c1-4-7-8-9-17-10-12-13(14)11(5-2)15-16(12)6-3/h4-10H2,1-3H3. The van der Waals surface area contributed by atoms with E-state index in [1.807, 2.05) is 4.68 Å². The van der Waals surface area contributed by atoms with E-state index in [9.17, 15) is 0 Å². The molecule has 98 valence electrons. The molecule has 0 atom stereocenters. The summed E-state index contributed by atoms with van der Waals surface area (Å²) in [4.78, 5) is 0. The Bertz CT molecular complexity index is 336. The van der Waals surface area contributed by atoms with Crippen LogP contribution in [0.25, 0.3) is 0 Å². The summed E-state index contributed by atoms with van der Waals surface area (Å²) in [5.41, 5.74) is 2.29. The minimum Gasteiger partial charge on any atom is -0.375 e. The molecule has 0 amide bonds. The van der Waals surface area contributed by atoms with Gasteiger partial charge in [-0.15, -0.1) is 0 Å². The molecule has 3 nitrogen and oxygen atoms in total. The van der Waals surface area contributed by atoms with Crippen molar-refractivity contribution in [1.29, 1.82) is 0 Å². The smallest absolute Gasteiger partial charge is 0.0896 e. The largest absolute Gasteiger partial charge is 0.375 e. The van der Waals surface area contributed by atoms with E-state index in [1.54, 1.807) is 0 Å². The van der Waals surface area contributed by atoms with Gasteiger partial charge in [0.05, 0.1) is 22.5 Å². The molecule has 1 heterocycles. The van der Waals surface area contributed by atoms with E-state index < -0.39 is 0 Å². The van der Waals surface area contributed by atoms with Crippen molar-refractivity contribution in [1.82, 2.24) is 9.78 Å². The second kappa shape index (κ2) is 7.88. The lowest BCUT2D eigenvalue weighted by Gasteiger charge is -2.06. The second-order valence-electron chi connectivity index (χ2n) is 4.14. The maximum atomic E-state index is 5.71. The summed E-state index contributed by atoms with van der Waals surface area (Å²) in [6, 6.07) is 0. The molecule has 0 bridgehead atoms. The lowest BCUT2D eigenvalue weighted by Crippen LogP contribution is -2.05. The van der Waals surface area contributed by atoms with E-state index in [2.05, 4.69) is 41.8 Å². The van der Waals surface area contributed by atoms with Gasteiger partial charge in [-0.25, -0.2) is 0 Å². The fourth-order valence-electron chi connectivity index (χ4n) is 1.78. The quantitative estimate of drug-likeness (QED) is 0.680. The Morgan fingerprint density at radius 1 is 1.24 bits per heavy atom. The minimum absolute atomic E-state index is 0.658. The van der Waals surface area contributed by atoms with Gasteiger partial charge in [-0.2, -0.15) is 5.10 Å². The predicted octanol–water partition coefficient (Wildman–Crippen LogP) is 3.93. The third-order valence-electron chi connectivity index (χ3n) is 2.83. The topological polar surface area (TPSA) is 27.1 Å². The summed E-state index contributed by atoms with van der Waals surface area (Å²) in [5, 5.41) is 4.55. The van der Waals surface area contributed by atoms with Crippen LogP contribution < -0.4 is 0 Å². The summed E-state index contributed by atoms with van der Waals surface area (Å²) in [6.07, 6.45) is 4.58. The van der Waals surface area contributed by atoms with Crippen LogP contribution in [-0.4, -0.2) is 16.4 Å². The Hall–Kier alpha value is -0.350. The molecule has 0 radical (unpaired) electrons. The van der Waals surface area contributed by atoms with Crippen LogP contribution in [0.3, 0.4) is 0 Å². The monoisotopic (exact) mass is 302 g/mol. The van der Waals surface area contributed by atoms with Crippen LogP contribution in [0.5, 0.6) is 0 Å². The maximum absolute atomic E-state index is 5.71. The maximum Gasteiger partial charge on any atom is 0.0896 e. The fraction of sp³-hybridized carbons (Fsp3) is 0.769. The van der Waals surface area contributed by atoms with Gasteiger partial charge in [0.2, 0.25) is 0 Å². The van der Waals surface area contributed by atoms with E-state index in [0.29, 0.717) is 6.61 Å². The fourth-order valence-corrected chi connectivity index (χ4v) is 2.46. The number of unbranched alkanes of at least 4 members (excludes halogenated alkanes) is 2. The van der Waals surface area contributed by atoms with Crippen molar-refractivity contribution in [2.75, 3.05) is 6.61 Å². The molecule has 17 heavy (non-hydrogen) atoms. The van der Waals surface area contributed by atoms with E-state index in [0.717, 1.165) is 36.2 Å². The minimum atomic E-state index is 0.658. The second-order valence-corrected chi connectivity index (χ2v) is 4.93. The van der Waals surface area contributed by atoms with Gasteiger partial charge in [0.25, 0.3) is 0 Å². The first-order chi connectivity index (χ1) is 8.24. The number of halogens is 1. The molecule has 0 fully saturated rings. The highest BCUT2D eigenvalue weighted by atomic mass is 79.9. The molecule has 1 aromatic heterocycles. The van der Waals surface area contributed by atoms with Gasteiger partial charge >= 0.3 is 0 Å². The Kier molecular flexibility index (Phi) is 6.82. The number of nitrogens with zero attached hydrogens (tertiary/aromatic N) is 2. The van der Waals surface area contributed by atoms with E-state index in [1.165, 1.54) is 18.5 Å². The number of rotatable bonds is 8. The highest BCUT2D eigenvalue weighted by molar-refractivity contribution is 9.10. The Labute approximate surface area is 113 Å². The molecular weight excluding hydrogens is 280 g/mol.